The third-order valence-electron chi connectivity index (χ3n) is 5.45. The molecule has 4 aromatic rings. The molecule has 3 atom stereocenters. The number of amides is 1. The van der Waals surface area contributed by atoms with Crippen LogP contribution < -0.4 is 10.6 Å². The number of imidazole rings is 1. The first-order valence-electron chi connectivity index (χ1n) is 10.8. The zero-order chi connectivity index (χ0) is 24.4. The summed E-state index contributed by atoms with van der Waals surface area (Å²) in [6.07, 6.45) is 4.23. The molecule has 3 N–H and O–H groups in total. The maximum absolute atomic E-state index is 13.9. The van der Waals surface area contributed by atoms with E-state index in [2.05, 4.69) is 42.1 Å². The van der Waals surface area contributed by atoms with E-state index in [1.807, 2.05) is 18.2 Å². The molecule has 178 valence electrons. The van der Waals surface area contributed by atoms with E-state index >= 15 is 0 Å². The van der Waals surface area contributed by atoms with Crippen molar-refractivity contribution in [3.05, 3.63) is 73.5 Å². The Labute approximate surface area is 198 Å². The van der Waals surface area contributed by atoms with Crippen LogP contribution in [-0.4, -0.2) is 52.7 Å². The summed E-state index contributed by atoms with van der Waals surface area (Å²) in [6.45, 7) is 3.82. The highest BCUT2D eigenvalue weighted by Gasteiger charge is 2.39. The number of nitrogens with zero attached hydrogens (tertiary/aromatic N) is 6. The van der Waals surface area contributed by atoms with Gasteiger partial charge in [-0.05, 0) is 24.4 Å². The molecule has 1 aliphatic heterocycles. The summed E-state index contributed by atoms with van der Waals surface area (Å²) < 4.78 is 21.2. The van der Waals surface area contributed by atoms with Gasteiger partial charge in [0, 0.05) is 24.4 Å². The molecule has 1 aliphatic rings. The van der Waals surface area contributed by atoms with E-state index < -0.39 is 30.2 Å². The molecule has 1 amide bonds. The van der Waals surface area contributed by atoms with Gasteiger partial charge in [0.25, 0.3) is 5.91 Å². The SMILES string of the molecule is C=CNC(=O)[C@@H]1C[C@@H](O)[C@H](n2cnc3c(NCc4ccccn4)nc(-c4cncc(F)c4)nc32)O1. The van der Waals surface area contributed by atoms with Gasteiger partial charge >= 0.3 is 0 Å². The van der Waals surface area contributed by atoms with Crippen LogP contribution in [0.2, 0.25) is 0 Å². The van der Waals surface area contributed by atoms with Crippen LogP contribution in [0, 0.1) is 5.82 Å². The van der Waals surface area contributed by atoms with Gasteiger partial charge in [-0.3, -0.25) is 19.3 Å². The Bertz CT molecular complexity index is 1380. The number of fused-ring (bicyclic) bond motifs is 1. The first-order chi connectivity index (χ1) is 17.0. The molecule has 4 aromatic heterocycles. The molecule has 5 rings (SSSR count). The predicted molar refractivity (Wildman–Crippen MR) is 123 cm³/mol. The second-order valence-electron chi connectivity index (χ2n) is 7.82. The fraction of sp³-hybridized carbons (Fsp3) is 0.217. The number of nitrogens with one attached hydrogen (secondary N) is 2. The zero-order valence-electron chi connectivity index (χ0n) is 18.4. The smallest absolute Gasteiger partial charge is 0.253 e. The molecule has 35 heavy (non-hydrogen) atoms. The lowest BCUT2D eigenvalue weighted by Crippen LogP contribution is -2.30. The molecule has 12 heteroatoms. The largest absolute Gasteiger partial charge is 0.388 e. The standard InChI is InChI=1S/C23H21FN8O3/c1-2-26-22(34)17-8-16(33)23(35-17)32-12-29-18-20(28-11-15-5-3-4-6-27-15)30-19(31-21(18)32)13-7-14(24)10-25-9-13/h2-7,9-10,12,16-17,23,33H,1,8,11H2,(H,26,34)(H,28,30,31)/t16-,17+,23-/m1/s1. The van der Waals surface area contributed by atoms with Crippen LogP contribution in [0.25, 0.3) is 22.6 Å². The number of hydrogen-bond donors (Lipinski definition) is 3. The Morgan fingerprint density at radius 1 is 1.31 bits per heavy atom. The number of anilines is 1. The maximum atomic E-state index is 13.9. The van der Waals surface area contributed by atoms with E-state index in [0.29, 0.717) is 29.1 Å². The number of aliphatic hydroxyl groups is 1. The van der Waals surface area contributed by atoms with Crippen molar-refractivity contribution in [3.63, 3.8) is 0 Å². The number of hydrogen-bond acceptors (Lipinski definition) is 9. The molecular weight excluding hydrogens is 455 g/mol. The topological polar surface area (TPSA) is 140 Å². The highest BCUT2D eigenvalue weighted by Crippen LogP contribution is 2.33. The Morgan fingerprint density at radius 3 is 2.97 bits per heavy atom. The van der Waals surface area contributed by atoms with Crippen LogP contribution in [0.1, 0.15) is 18.3 Å². The summed E-state index contributed by atoms with van der Waals surface area (Å²) in [5.74, 6) is -0.367. The number of aromatic nitrogens is 6. The van der Waals surface area contributed by atoms with Crippen molar-refractivity contribution in [1.29, 1.82) is 0 Å². The van der Waals surface area contributed by atoms with E-state index in [-0.39, 0.29) is 12.2 Å². The predicted octanol–water partition coefficient (Wildman–Crippen LogP) is 1.94. The second-order valence-corrected chi connectivity index (χ2v) is 7.82. The Morgan fingerprint density at radius 2 is 2.20 bits per heavy atom. The van der Waals surface area contributed by atoms with Crippen LogP contribution in [0.15, 0.2) is 62.0 Å². The lowest BCUT2D eigenvalue weighted by molar-refractivity contribution is -0.133. The summed E-state index contributed by atoms with van der Waals surface area (Å²) in [4.78, 5) is 33.9. The third kappa shape index (κ3) is 4.56. The molecule has 0 aliphatic carbocycles. The van der Waals surface area contributed by atoms with Gasteiger partial charge in [-0.25, -0.2) is 19.3 Å². The average Bonchev–Trinajstić information content (AvgIpc) is 3.46. The quantitative estimate of drug-likeness (QED) is 0.365. The normalized spacial score (nSPS) is 19.5. The number of ether oxygens (including phenoxy) is 1. The molecule has 0 spiro atoms. The van der Waals surface area contributed by atoms with Gasteiger partial charge in [-0.2, -0.15) is 0 Å². The monoisotopic (exact) mass is 476 g/mol. The molecule has 0 saturated carbocycles. The molecule has 5 heterocycles. The van der Waals surface area contributed by atoms with Crippen LogP contribution in [0.3, 0.4) is 0 Å². The fourth-order valence-corrected chi connectivity index (χ4v) is 3.83. The second kappa shape index (κ2) is 9.52. The van der Waals surface area contributed by atoms with Crippen molar-refractivity contribution in [2.45, 2.75) is 31.4 Å². The number of aliphatic hydroxyl groups excluding tert-OH is 1. The Hall–Kier alpha value is -4.29. The van der Waals surface area contributed by atoms with Crippen LogP contribution in [0.4, 0.5) is 10.2 Å². The number of halogens is 1. The third-order valence-corrected chi connectivity index (χ3v) is 5.45. The molecule has 0 aromatic carbocycles. The maximum Gasteiger partial charge on any atom is 0.253 e. The highest BCUT2D eigenvalue weighted by atomic mass is 19.1. The number of pyridine rings is 2. The number of carbonyl (C=O) groups is 1. The summed E-state index contributed by atoms with van der Waals surface area (Å²) in [6, 6.07) is 6.82. The van der Waals surface area contributed by atoms with Crippen molar-refractivity contribution >= 4 is 22.9 Å². The van der Waals surface area contributed by atoms with Crippen LogP contribution in [0.5, 0.6) is 0 Å². The van der Waals surface area contributed by atoms with E-state index in [0.717, 1.165) is 11.9 Å². The minimum Gasteiger partial charge on any atom is -0.388 e. The molecule has 0 unspecified atom stereocenters. The Balaban J connectivity index is 1.55. The summed E-state index contributed by atoms with van der Waals surface area (Å²) >= 11 is 0. The van der Waals surface area contributed by atoms with E-state index in [1.54, 1.807) is 6.20 Å². The van der Waals surface area contributed by atoms with Gasteiger partial charge in [-0.15, -0.1) is 0 Å². The Kier molecular flexibility index (Phi) is 6.12. The van der Waals surface area contributed by atoms with Crippen molar-refractivity contribution in [1.82, 2.24) is 34.8 Å². The minimum atomic E-state index is -0.993. The summed E-state index contributed by atoms with van der Waals surface area (Å²) in [5, 5.41) is 16.3. The molecule has 1 saturated heterocycles. The van der Waals surface area contributed by atoms with Gasteiger partial charge in [-0.1, -0.05) is 12.6 Å². The lowest BCUT2D eigenvalue weighted by Gasteiger charge is -2.17. The van der Waals surface area contributed by atoms with Gasteiger partial charge < -0.3 is 20.5 Å². The van der Waals surface area contributed by atoms with Crippen LogP contribution >= 0.6 is 0 Å². The lowest BCUT2D eigenvalue weighted by atomic mass is 10.2. The first kappa shape index (κ1) is 22.5. The average molecular weight is 476 g/mol. The van der Waals surface area contributed by atoms with Gasteiger partial charge in [0.2, 0.25) is 0 Å². The highest BCUT2D eigenvalue weighted by molar-refractivity contribution is 5.85. The minimum absolute atomic E-state index is 0.0839. The molecular formula is C23H21FN8O3. The molecule has 0 bridgehead atoms. The van der Waals surface area contributed by atoms with E-state index in [9.17, 15) is 14.3 Å². The van der Waals surface area contributed by atoms with E-state index in [1.165, 1.54) is 29.4 Å². The van der Waals surface area contributed by atoms with Gasteiger partial charge in [0.1, 0.15) is 18.0 Å². The number of rotatable bonds is 7. The van der Waals surface area contributed by atoms with Gasteiger partial charge in [0.05, 0.1) is 24.8 Å². The molecule has 0 radical (unpaired) electrons. The van der Waals surface area contributed by atoms with Crippen LogP contribution in [-0.2, 0) is 16.1 Å². The zero-order valence-corrected chi connectivity index (χ0v) is 18.4. The van der Waals surface area contributed by atoms with Crippen molar-refractivity contribution in [2.75, 3.05) is 5.32 Å². The molecule has 1 fully saturated rings. The van der Waals surface area contributed by atoms with Crippen molar-refractivity contribution < 1.29 is 19.0 Å². The van der Waals surface area contributed by atoms with Crippen molar-refractivity contribution in [2.24, 2.45) is 0 Å². The molecule has 11 nitrogen and oxygen atoms in total. The fourth-order valence-electron chi connectivity index (χ4n) is 3.83. The summed E-state index contributed by atoms with van der Waals surface area (Å²) in [7, 11) is 0. The first-order valence-corrected chi connectivity index (χ1v) is 10.8. The summed E-state index contributed by atoms with van der Waals surface area (Å²) in [5.41, 5.74) is 1.87. The van der Waals surface area contributed by atoms with Crippen molar-refractivity contribution in [3.8, 4) is 11.4 Å². The van der Waals surface area contributed by atoms with Gasteiger partial charge in [0.15, 0.2) is 29.0 Å². The number of carbonyl (C=O) groups excluding carboxylic acids is 1. The van der Waals surface area contributed by atoms with E-state index in [4.69, 9.17) is 4.74 Å².